The first-order valence-corrected chi connectivity index (χ1v) is 9.88. The second-order valence-electron chi connectivity index (χ2n) is 7.32. The van der Waals surface area contributed by atoms with Crippen molar-refractivity contribution in [2.75, 3.05) is 57.8 Å². The molecule has 2 unspecified atom stereocenters. The third kappa shape index (κ3) is 3.04. The lowest BCUT2D eigenvalue weighted by molar-refractivity contribution is -0.143. The van der Waals surface area contributed by atoms with Gasteiger partial charge in [-0.2, -0.15) is 0 Å². The van der Waals surface area contributed by atoms with Crippen LogP contribution in [0.1, 0.15) is 28.9 Å². The third-order valence-electron chi connectivity index (χ3n) is 5.87. The van der Waals surface area contributed by atoms with Crippen LogP contribution >= 0.6 is 11.3 Å². The molecular formula is C18H25N3O3S. The number of piperazine rings is 1. The number of ether oxygens (including phenoxy) is 1. The van der Waals surface area contributed by atoms with E-state index in [9.17, 15) is 9.59 Å². The Morgan fingerprint density at radius 2 is 1.88 bits per heavy atom. The zero-order valence-corrected chi connectivity index (χ0v) is 15.5. The van der Waals surface area contributed by atoms with Gasteiger partial charge in [-0.3, -0.25) is 4.79 Å². The van der Waals surface area contributed by atoms with Gasteiger partial charge < -0.3 is 19.4 Å². The molecule has 25 heavy (non-hydrogen) atoms. The van der Waals surface area contributed by atoms with Crippen LogP contribution in [0.4, 0.5) is 5.00 Å². The van der Waals surface area contributed by atoms with Crippen LogP contribution in [0.5, 0.6) is 0 Å². The van der Waals surface area contributed by atoms with Crippen LogP contribution in [0, 0.1) is 5.41 Å². The van der Waals surface area contributed by atoms with E-state index in [4.69, 9.17) is 4.74 Å². The van der Waals surface area contributed by atoms with Crippen molar-refractivity contribution in [1.29, 1.82) is 0 Å². The van der Waals surface area contributed by atoms with E-state index in [1.54, 1.807) is 0 Å². The molecule has 3 aliphatic heterocycles. The van der Waals surface area contributed by atoms with Gasteiger partial charge in [0.25, 0.3) is 0 Å². The number of piperidine rings is 1. The molecule has 2 bridgehead atoms. The summed E-state index contributed by atoms with van der Waals surface area (Å²) in [5, 5.41) is 1.08. The average molecular weight is 363 g/mol. The highest BCUT2D eigenvalue weighted by molar-refractivity contribution is 7.17. The Balaban J connectivity index is 1.37. The summed E-state index contributed by atoms with van der Waals surface area (Å²) in [6.07, 6.45) is 3.23. The van der Waals surface area contributed by atoms with Gasteiger partial charge in [0.1, 0.15) is 4.88 Å². The van der Waals surface area contributed by atoms with Crippen molar-refractivity contribution >= 4 is 28.2 Å². The van der Waals surface area contributed by atoms with Crippen molar-refractivity contribution in [3.8, 4) is 0 Å². The summed E-state index contributed by atoms with van der Waals surface area (Å²) in [5.41, 5.74) is -0.110. The highest BCUT2D eigenvalue weighted by atomic mass is 32.1. The van der Waals surface area contributed by atoms with Crippen molar-refractivity contribution in [2.45, 2.75) is 19.3 Å². The molecule has 0 N–H and O–H groups in total. The molecule has 1 aromatic rings. The van der Waals surface area contributed by atoms with Crippen molar-refractivity contribution < 1.29 is 14.3 Å². The minimum Gasteiger partial charge on any atom is -0.465 e. The normalized spacial score (nSPS) is 28.9. The highest BCUT2D eigenvalue weighted by Crippen LogP contribution is 2.41. The summed E-state index contributed by atoms with van der Waals surface area (Å²) >= 11 is 1.46. The summed E-state index contributed by atoms with van der Waals surface area (Å²) in [6, 6.07) is 3.79. The Hall–Kier alpha value is -1.60. The predicted molar refractivity (Wildman–Crippen MR) is 97.2 cm³/mol. The zero-order valence-electron chi connectivity index (χ0n) is 14.7. The predicted octanol–water partition coefficient (Wildman–Crippen LogP) is 1.67. The van der Waals surface area contributed by atoms with E-state index in [1.165, 1.54) is 18.4 Å². The maximum Gasteiger partial charge on any atom is 0.348 e. The summed E-state index contributed by atoms with van der Waals surface area (Å²) in [5.74, 6) is 0.0861. The number of carbonyl (C=O) groups excluding carboxylic acids is 2. The molecule has 0 aromatic carbocycles. The lowest BCUT2D eigenvalue weighted by Crippen LogP contribution is -2.54. The van der Waals surface area contributed by atoms with Gasteiger partial charge in [-0.15, -0.1) is 11.3 Å². The molecule has 7 heteroatoms. The molecule has 1 aromatic heterocycles. The quantitative estimate of drug-likeness (QED) is 0.765. The number of methoxy groups -OCH3 is 1. The van der Waals surface area contributed by atoms with Crippen LogP contribution in [-0.4, -0.2) is 74.6 Å². The molecule has 2 atom stereocenters. The molecule has 3 saturated heterocycles. The molecule has 4 heterocycles. The number of rotatable bonds is 3. The van der Waals surface area contributed by atoms with Crippen LogP contribution in [0.15, 0.2) is 12.1 Å². The van der Waals surface area contributed by atoms with Gasteiger partial charge in [0.15, 0.2) is 0 Å². The van der Waals surface area contributed by atoms with Crippen LogP contribution in [0.25, 0.3) is 0 Å². The number of amides is 1. The van der Waals surface area contributed by atoms with Crippen LogP contribution in [-0.2, 0) is 9.53 Å². The Labute approximate surface area is 152 Å². The van der Waals surface area contributed by atoms with Crippen molar-refractivity contribution in [1.82, 2.24) is 9.80 Å². The van der Waals surface area contributed by atoms with E-state index in [-0.39, 0.29) is 11.4 Å². The first-order chi connectivity index (χ1) is 12.1. The first-order valence-electron chi connectivity index (χ1n) is 9.06. The lowest BCUT2D eigenvalue weighted by atomic mass is 9.79. The number of nitrogens with zero attached hydrogens (tertiary/aromatic N) is 3. The maximum atomic E-state index is 13.1. The average Bonchev–Trinajstić information content (AvgIpc) is 3.26. The monoisotopic (exact) mass is 363 g/mol. The number of anilines is 1. The number of esters is 1. The molecule has 3 aliphatic rings. The van der Waals surface area contributed by atoms with Crippen LogP contribution in [0.2, 0.25) is 0 Å². The maximum absolute atomic E-state index is 13.1. The minimum absolute atomic E-state index is 0.110. The van der Waals surface area contributed by atoms with Gasteiger partial charge in [0.05, 0.1) is 17.5 Å². The van der Waals surface area contributed by atoms with Crippen molar-refractivity contribution in [2.24, 2.45) is 5.41 Å². The molecule has 1 amide bonds. The topological polar surface area (TPSA) is 53.1 Å². The molecule has 3 fully saturated rings. The molecule has 0 radical (unpaired) electrons. The summed E-state index contributed by atoms with van der Waals surface area (Å²) in [6.45, 7) is 6.39. The standard InChI is InChI=1S/C18H25N3O3S/c1-24-16(22)14-3-4-15(25-14)20-9-11-21(12-10-20)17(23)18-5-2-7-19(13-18)8-6-18/h3-4H,2,5-13H2,1H3. The SMILES string of the molecule is COC(=O)c1ccc(N2CCN(C(=O)C34CCCN(CC3)C4)CC2)s1. The minimum atomic E-state index is -0.285. The van der Waals surface area contributed by atoms with Crippen molar-refractivity contribution in [3.63, 3.8) is 0 Å². The number of carbonyl (C=O) groups is 2. The molecule has 4 rings (SSSR count). The molecule has 0 aliphatic carbocycles. The van der Waals surface area contributed by atoms with Crippen LogP contribution < -0.4 is 4.90 Å². The lowest BCUT2D eigenvalue weighted by Gasteiger charge is -2.41. The van der Waals surface area contributed by atoms with Gasteiger partial charge in [-0.25, -0.2) is 4.79 Å². The van der Waals surface area contributed by atoms with E-state index in [0.717, 1.165) is 70.1 Å². The van der Waals surface area contributed by atoms with E-state index < -0.39 is 0 Å². The molecule has 0 saturated carbocycles. The largest absolute Gasteiger partial charge is 0.465 e. The Bertz CT molecular complexity index is 664. The number of fused-ring (bicyclic) bond motifs is 2. The Morgan fingerprint density at radius 1 is 1.08 bits per heavy atom. The second-order valence-corrected chi connectivity index (χ2v) is 8.38. The Morgan fingerprint density at radius 3 is 2.64 bits per heavy atom. The van der Waals surface area contributed by atoms with Gasteiger partial charge in [-0.05, 0) is 44.5 Å². The van der Waals surface area contributed by atoms with Gasteiger partial charge in [-0.1, -0.05) is 0 Å². The molecule has 6 nitrogen and oxygen atoms in total. The number of hydrogen-bond acceptors (Lipinski definition) is 6. The number of thiophene rings is 1. The van der Waals surface area contributed by atoms with E-state index >= 15 is 0 Å². The van der Waals surface area contributed by atoms with Gasteiger partial charge in [0.2, 0.25) is 5.91 Å². The summed E-state index contributed by atoms with van der Waals surface area (Å²) in [4.78, 5) is 32.1. The zero-order chi connectivity index (χ0) is 17.4. The smallest absolute Gasteiger partial charge is 0.348 e. The fourth-order valence-electron chi connectivity index (χ4n) is 4.45. The Kier molecular flexibility index (Phi) is 4.45. The van der Waals surface area contributed by atoms with E-state index in [1.807, 2.05) is 12.1 Å². The van der Waals surface area contributed by atoms with E-state index in [0.29, 0.717) is 10.8 Å². The number of hydrogen-bond donors (Lipinski definition) is 0. The van der Waals surface area contributed by atoms with Crippen molar-refractivity contribution in [3.05, 3.63) is 17.0 Å². The van der Waals surface area contributed by atoms with Gasteiger partial charge >= 0.3 is 5.97 Å². The van der Waals surface area contributed by atoms with Crippen LogP contribution in [0.3, 0.4) is 0 Å². The second kappa shape index (κ2) is 6.61. The summed E-state index contributed by atoms with van der Waals surface area (Å²) in [7, 11) is 1.40. The van der Waals surface area contributed by atoms with Gasteiger partial charge in [0, 0.05) is 32.7 Å². The first kappa shape index (κ1) is 16.8. The fraction of sp³-hybridized carbons (Fsp3) is 0.667. The van der Waals surface area contributed by atoms with E-state index in [2.05, 4.69) is 14.7 Å². The molecule has 136 valence electrons. The highest BCUT2D eigenvalue weighted by Gasteiger charge is 2.48. The molecule has 0 spiro atoms. The fourth-order valence-corrected chi connectivity index (χ4v) is 5.42. The third-order valence-corrected chi connectivity index (χ3v) is 7.00. The molecular weight excluding hydrogens is 338 g/mol. The summed E-state index contributed by atoms with van der Waals surface area (Å²) < 4.78 is 4.78.